The molecule has 0 saturated carbocycles. The van der Waals surface area contributed by atoms with E-state index >= 15 is 0 Å². The highest BCUT2D eigenvalue weighted by Gasteiger charge is 2.10. The molecule has 0 aliphatic carbocycles. The fraction of sp³-hybridized carbons (Fsp3) is 0.375. The number of nitrogens with one attached hydrogen (secondary N) is 1. The fourth-order valence-electron chi connectivity index (χ4n) is 2.65. The predicted octanol–water partition coefficient (Wildman–Crippen LogP) is 4.28. The zero-order valence-corrected chi connectivity index (χ0v) is 13.7. The Bertz CT molecular complexity index is 586. The minimum absolute atomic E-state index is 0.747. The molecule has 1 N–H and O–H groups in total. The Morgan fingerprint density at radius 3 is 2.43 bits per heavy atom. The third-order valence-electron chi connectivity index (χ3n) is 3.67. The van der Waals surface area contributed by atoms with E-state index in [0.29, 0.717) is 0 Å². The summed E-state index contributed by atoms with van der Waals surface area (Å²) in [5, 5.41) is 3.32. The highest BCUT2D eigenvalue weighted by Crippen LogP contribution is 2.23. The number of nitrogens with zero attached hydrogens (tertiary/aromatic N) is 3. The maximum Gasteiger partial charge on any atom is 0.135 e. The molecule has 0 atom stereocenters. The topological polar surface area (TPSA) is 41.1 Å². The maximum atomic E-state index is 4.38. The summed E-state index contributed by atoms with van der Waals surface area (Å²) in [6.45, 7) is 4.23. The SMILES string of the molecule is Cc1nc(Br)cc(Nc2ccc(N3CCCCC3)cc2)n1. The molecule has 0 spiro atoms. The van der Waals surface area contributed by atoms with Crippen molar-refractivity contribution in [1.82, 2.24) is 9.97 Å². The maximum absolute atomic E-state index is 4.38. The minimum atomic E-state index is 0.747. The third kappa shape index (κ3) is 3.73. The Morgan fingerprint density at radius 2 is 1.76 bits per heavy atom. The number of aryl methyl sites for hydroxylation is 1. The second-order valence-electron chi connectivity index (χ2n) is 5.34. The molecule has 1 aromatic heterocycles. The first-order valence-electron chi connectivity index (χ1n) is 7.34. The summed E-state index contributed by atoms with van der Waals surface area (Å²) in [5.74, 6) is 1.55. The van der Waals surface area contributed by atoms with E-state index in [2.05, 4.69) is 60.4 Å². The fourth-order valence-corrected chi connectivity index (χ4v) is 3.12. The van der Waals surface area contributed by atoms with Gasteiger partial charge in [0, 0.05) is 30.5 Å². The molecule has 1 aliphatic rings. The second-order valence-corrected chi connectivity index (χ2v) is 6.16. The summed E-state index contributed by atoms with van der Waals surface area (Å²) in [7, 11) is 0. The highest BCUT2D eigenvalue weighted by molar-refractivity contribution is 9.10. The number of aromatic nitrogens is 2. The highest BCUT2D eigenvalue weighted by atomic mass is 79.9. The standard InChI is InChI=1S/C16H19BrN4/c1-12-18-15(17)11-16(19-12)20-13-5-7-14(8-6-13)21-9-3-2-4-10-21/h5-8,11H,2-4,9-10H2,1H3,(H,18,19,20). The molecule has 1 aromatic carbocycles. The first kappa shape index (κ1) is 14.3. The quantitative estimate of drug-likeness (QED) is 0.842. The molecule has 0 radical (unpaired) electrons. The molecule has 1 aliphatic heterocycles. The van der Waals surface area contributed by atoms with Crippen LogP contribution < -0.4 is 10.2 Å². The van der Waals surface area contributed by atoms with Gasteiger partial charge in [-0.3, -0.25) is 0 Å². The van der Waals surface area contributed by atoms with Gasteiger partial charge in [0.2, 0.25) is 0 Å². The summed E-state index contributed by atoms with van der Waals surface area (Å²) >= 11 is 3.39. The zero-order valence-electron chi connectivity index (χ0n) is 12.1. The Balaban J connectivity index is 1.71. The number of rotatable bonds is 3. The van der Waals surface area contributed by atoms with Crippen LogP contribution in [0.25, 0.3) is 0 Å². The van der Waals surface area contributed by atoms with Gasteiger partial charge >= 0.3 is 0 Å². The Kier molecular flexibility index (Phi) is 4.39. The monoisotopic (exact) mass is 346 g/mol. The molecule has 0 amide bonds. The molecule has 2 aromatic rings. The van der Waals surface area contributed by atoms with Crippen molar-refractivity contribution in [2.45, 2.75) is 26.2 Å². The van der Waals surface area contributed by atoms with Gasteiger partial charge in [-0.25, -0.2) is 9.97 Å². The van der Waals surface area contributed by atoms with Gasteiger partial charge in [0.05, 0.1) is 0 Å². The lowest BCUT2D eigenvalue weighted by molar-refractivity contribution is 0.578. The predicted molar refractivity (Wildman–Crippen MR) is 90.3 cm³/mol. The van der Waals surface area contributed by atoms with E-state index in [4.69, 9.17) is 0 Å². The van der Waals surface area contributed by atoms with Crippen molar-refractivity contribution in [3.05, 3.63) is 40.8 Å². The van der Waals surface area contributed by atoms with Gasteiger partial charge in [0.15, 0.2) is 0 Å². The molecule has 1 fully saturated rings. The number of hydrogen-bond donors (Lipinski definition) is 1. The van der Waals surface area contributed by atoms with Crippen LogP contribution in [0.1, 0.15) is 25.1 Å². The van der Waals surface area contributed by atoms with Crippen LogP contribution in [-0.2, 0) is 0 Å². The molecular formula is C16H19BrN4. The lowest BCUT2D eigenvalue weighted by Gasteiger charge is -2.28. The summed E-state index contributed by atoms with van der Waals surface area (Å²) in [6.07, 6.45) is 3.96. The van der Waals surface area contributed by atoms with Crippen LogP contribution in [0.3, 0.4) is 0 Å². The van der Waals surface area contributed by atoms with Crippen molar-refractivity contribution in [1.29, 1.82) is 0 Å². The number of piperidine rings is 1. The Labute approximate surface area is 133 Å². The van der Waals surface area contributed by atoms with Gasteiger partial charge in [0.1, 0.15) is 16.2 Å². The van der Waals surface area contributed by atoms with Crippen molar-refractivity contribution in [3.8, 4) is 0 Å². The van der Waals surface area contributed by atoms with Crippen LogP contribution in [0.2, 0.25) is 0 Å². The Hall–Kier alpha value is -1.62. The van der Waals surface area contributed by atoms with E-state index in [1.807, 2.05) is 13.0 Å². The second kappa shape index (κ2) is 6.43. The number of halogens is 1. The van der Waals surface area contributed by atoms with E-state index < -0.39 is 0 Å². The van der Waals surface area contributed by atoms with Crippen LogP contribution in [0, 0.1) is 6.92 Å². The smallest absolute Gasteiger partial charge is 0.135 e. The van der Waals surface area contributed by atoms with E-state index in [1.54, 1.807) is 0 Å². The van der Waals surface area contributed by atoms with Gasteiger partial charge in [0.25, 0.3) is 0 Å². The van der Waals surface area contributed by atoms with E-state index in [-0.39, 0.29) is 0 Å². The summed E-state index contributed by atoms with van der Waals surface area (Å²) in [4.78, 5) is 11.0. The molecule has 0 bridgehead atoms. The average Bonchev–Trinajstić information content (AvgIpc) is 2.48. The molecular weight excluding hydrogens is 328 g/mol. The number of anilines is 3. The van der Waals surface area contributed by atoms with Gasteiger partial charge in [-0.1, -0.05) is 0 Å². The van der Waals surface area contributed by atoms with Crippen molar-refractivity contribution >= 4 is 33.1 Å². The number of hydrogen-bond acceptors (Lipinski definition) is 4. The van der Waals surface area contributed by atoms with Crippen LogP contribution >= 0.6 is 15.9 Å². The van der Waals surface area contributed by atoms with Crippen LogP contribution in [0.4, 0.5) is 17.2 Å². The molecule has 2 heterocycles. The molecule has 110 valence electrons. The molecule has 4 nitrogen and oxygen atoms in total. The van der Waals surface area contributed by atoms with Crippen molar-refractivity contribution in [2.24, 2.45) is 0 Å². The van der Waals surface area contributed by atoms with Crippen molar-refractivity contribution in [3.63, 3.8) is 0 Å². The van der Waals surface area contributed by atoms with E-state index in [9.17, 15) is 0 Å². The number of benzene rings is 1. The lowest BCUT2D eigenvalue weighted by atomic mass is 10.1. The average molecular weight is 347 g/mol. The minimum Gasteiger partial charge on any atom is -0.372 e. The van der Waals surface area contributed by atoms with E-state index in [0.717, 1.165) is 21.9 Å². The first-order chi connectivity index (χ1) is 10.2. The molecule has 3 rings (SSSR count). The van der Waals surface area contributed by atoms with Crippen LogP contribution in [0.15, 0.2) is 34.9 Å². The summed E-state index contributed by atoms with van der Waals surface area (Å²) < 4.78 is 0.794. The van der Waals surface area contributed by atoms with Gasteiger partial charge in [-0.05, 0) is 66.4 Å². The molecule has 1 saturated heterocycles. The summed E-state index contributed by atoms with van der Waals surface area (Å²) in [5.41, 5.74) is 2.35. The third-order valence-corrected chi connectivity index (χ3v) is 4.07. The summed E-state index contributed by atoms with van der Waals surface area (Å²) in [6, 6.07) is 10.4. The molecule has 21 heavy (non-hydrogen) atoms. The van der Waals surface area contributed by atoms with Gasteiger partial charge in [-0.15, -0.1) is 0 Å². The Morgan fingerprint density at radius 1 is 1.05 bits per heavy atom. The largest absolute Gasteiger partial charge is 0.372 e. The lowest BCUT2D eigenvalue weighted by Crippen LogP contribution is -2.29. The van der Waals surface area contributed by atoms with Gasteiger partial charge < -0.3 is 10.2 Å². The van der Waals surface area contributed by atoms with Crippen LogP contribution in [-0.4, -0.2) is 23.1 Å². The van der Waals surface area contributed by atoms with Crippen molar-refractivity contribution < 1.29 is 0 Å². The normalized spacial score (nSPS) is 15.0. The van der Waals surface area contributed by atoms with E-state index in [1.165, 1.54) is 38.0 Å². The van der Waals surface area contributed by atoms with Crippen LogP contribution in [0.5, 0.6) is 0 Å². The molecule has 5 heteroatoms. The van der Waals surface area contributed by atoms with Gasteiger partial charge in [-0.2, -0.15) is 0 Å². The zero-order chi connectivity index (χ0) is 14.7. The molecule has 0 unspecified atom stereocenters. The van der Waals surface area contributed by atoms with Crippen molar-refractivity contribution in [2.75, 3.05) is 23.3 Å². The first-order valence-corrected chi connectivity index (χ1v) is 8.13.